The number of amides is 2. The van der Waals surface area contributed by atoms with Crippen molar-refractivity contribution < 1.29 is 33.6 Å². The van der Waals surface area contributed by atoms with Gasteiger partial charge in [-0.25, -0.2) is 0 Å². The molecule has 0 radical (unpaired) electrons. The Kier molecular flexibility index (Phi) is 11.9. The molecule has 1 atom stereocenters. The van der Waals surface area contributed by atoms with E-state index in [1.807, 2.05) is 53.4 Å². The maximum absolute atomic E-state index is 12.7. The Hall–Kier alpha value is -3.34. The quantitative estimate of drug-likeness (QED) is 0.360. The number of aliphatic hydroxyl groups is 1. The van der Waals surface area contributed by atoms with E-state index in [9.17, 15) is 14.7 Å². The van der Waals surface area contributed by atoms with E-state index in [1.54, 1.807) is 12.0 Å². The van der Waals surface area contributed by atoms with Crippen LogP contribution >= 0.6 is 0 Å². The van der Waals surface area contributed by atoms with Gasteiger partial charge in [-0.15, -0.1) is 0 Å². The highest BCUT2D eigenvalue weighted by Crippen LogP contribution is 2.29. The third-order valence-corrected chi connectivity index (χ3v) is 7.70. The molecule has 1 N–H and O–H groups in total. The number of rotatable bonds is 13. The number of para-hydroxylation sites is 1. The van der Waals surface area contributed by atoms with Gasteiger partial charge in [0.15, 0.2) is 11.5 Å². The van der Waals surface area contributed by atoms with Crippen LogP contribution in [0, 0.1) is 0 Å². The molecule has 0 aromatic heterocycles. The van der Waals surface area contributed by atoms with Crippen molar-refractivity contribution in [2.24, 2.45) is 0 Å². The molecule has 0 bridgehead atoms. The van der Waals surface area contributed by atoms with E-state index in [1.165, 1.54) is 7.11 Å². The minimum Gasteiger partial charge on any atom is -0.493 e. The molecule has 2 saturated heterocycles. The molecule has 2 aromatic carbocycles. The number of methoxy groups -OCH3 is 2. The van der Waals surface area contributed by atoms with Crippen molar-refractivity contribution in [3.8, 4) is 17.2 Å². The Balaban J connectivity index is 1.37. The average Bonchev–Trinajstić information content (AvgIpc) is 3.30. The fourth-order valence-corrected chi connectivity index (χ4v) is 5.53. The Morgan fingerprint density at radius 1 is 0.952 bits per heavy atom. The molecule has 10 nitrogen and oxygen atoms in total. The van der Waals surface area contributed by atoms with Crippen LogP contribution in [0.2, 0.25) is 0 Å². The summed E-state index contributed by atoms with van der Waals surface area (Å²) in [4.78, 5) is 30.7. The minimum absolute atomic E-state index is 0.0391. The van der Waals surface area contributed by atoms with Gasteiger partial charge < -0.3 is 33.9 Å². The third kappa shape index (κ3) is 9.34. The molecule has 2 heterocycles. The lowest BCUT2D eigenvalue weighted by molar-refractivity contribution is -0.138. The lowest BCUT2D eigenvalue weighted by Crippen LogP contribution is -2.52. The number of hydrogen-bond donors (Lipinski definition) is 1. The largest absolute Gasteiger partial charge is 0.493 e. The average molecular weight is 584 g/mol. The van der Waals surface area contributed by atoms with Crippen LogP contribution in [-0.4, -0.2) is 111 Å². The summed E-state index contributed by atoms with van der Waals surface area (Å²) in [5.41, 5.74) is -0.283. The van der Waals surface area contributed by atoms with Crippen molar-refractivity contribution in [1.82, 2.24) is 14.7 Å². The number of likely N-dealkylation sites (tertiary alicyclic amines) is 1. The molecule has 2 aromatic rings. The first-order valence-corrected chi connectivity index (χ1v) is 14.9. The highest BCUT2D eigenvalue weighted by atomic mass is 16.5. The molecule has 0 unspecified atom stereocenters. The fourth-order valence-electron chi connectivity index (χ4n) is 5.53. The standard InChI is InChI=1S/C32H45N3O7/c1-39-22-31(37)35-18-17-33(23-32(38,24-35)25-42-27-10-5-3-6-11-27)21-26-13-14-28(29(20-26)40-2)41-19-9-16-34-15-8-4-7-12-30(34)36/h3,5-6,10-11,13-14,20,38H,4,7-9,12,15-19,21-25H2,1-2H3/t32-/m0/s1. The van der Waals surface area contributed by atoms with Crippen LogP contribution in [0.25, 0.3) is 0 Å². The van der Waals surface area contributed by atoms with Gasteiger partial charge in [0.05, 0.1) is 20.3 Å². The second-order valence-corrected chi connectivity index (χ2v) is 11.2. The Morgan fingerprint density at radius 3 is 2.57 bits per heavy atom. The molecule has 4 rings (SSSR count). The fraction of sp³-hybridized carbons (Fsp3) is 0.562. The van der Waals surface area contributed by atoms with E-state index >= 15 is 0 Å². The SMILES string of the molecule is COCC(=O)N1CCN(Cc2ccc(OCCCN3CCCCCC3=O)c(OC)c2)C[C@@](O)(COc2ccccc2)C1. The Morgan fingerprint density at radius 2 is 1.79 bits per heavy atom. The maximum atomic E-state index is 12.7. The molecule has 2 amide bonds. The van der Waals surface area contributed by atoms with Gasteiger partial charge in [0.2, 0.25) is 11.8 Å². The van der Waals surface area contributed by atoms with Crippen LogP contribution < -0.4 is 14.2 Å². The lowest BCUT2D eigenvalue weighted by atomic mass is 10.0. The molecule has 42 heavy (non-hydrogen) atoms. The van der Waals surface area contributed by atoms with Crippen LogP contribution in [0.5, 0.6) is 17.2 Å². The highest BCUT2D eigenvalue weighted by molar-refractivity contribution is 5.77. The summed E-state index contributed by atoms with van der Waals surface area (Å²) in [6.07, 6.45) is 4.57. The zero-order valence-corrected chi connectivity index (χ0v) is 25.0. The summed E-state index contributed by atoms with van der Waals surface area (Å²) in [6.45, 7) is 4.11. The summed E-state index contributed by atoms with van der Waals surface area (Å²) < 4.78 is 22.7. The van der Waals surface area contributed by atoms with Crippen molar-refractivity contribution >= 4 is 11.8 Å². The number of carbonyl (C=O) groups is 2. The van der Waals surface area contributed by atoms with Gasteiger partial charge in [0.1, 0.15) is 24.6 Å². The number of hydrogen-bond acceptors (Lipinski definition) is 8. The van der Waals surface area contributed by atoms with E-state index < -0.39 is 5.60 Å². The first-order chi connectivity index (χ1) is 20.4. The summed E-state index contributed by atoms with van der Waals surface area (Å²) >= 11 is 0. The lowest BCUT2D eigenvalue weighted by Gasteiger charge is -2.33. The first-order valence-electron chi connectivity index (χ1n) is 14.9. The topological polar surface area (TPSA) is 101 Å². The zero-order chi connectivity index (χ0) is 29.8. The Labute approximate surface area is 249 Å². The predicted octanol–water partition coefficient (Wildman–Crippen LogP) is 2.97. The van der Waals surface area contributed by atoms with Crippen molar-refractivity contribution in [3.05, 3.63) is 54.1 Å². The summed E-state index contributed by atoms with van der Waals surface area (Å²) in [6, 6.07) is 15.2. The van der Waals surface area contributed by atoms with Gasteiger partial charge in [0, 0.05) is 52.8 Å². The maximum Gasteiger partial charge on any atom is 0.248 e. The van der Waals surface area contributed by atoms with Gasteiger partial charge in [0.25, 0.3) is 0 Å². The monoisotopic (exact) mass is 583 g/mol. The van der Waals surface area contributed by atoms with E-state index in [0.29, 0.717) is 63.0 Å². The van der Waals surface area contributed by atoms with Crippen molar-refractivity contribution in [3.63, 3.8) is 0 Å². The second-order valence-electron chi connectivity index (χ2n) is 11.2. The molecule has 0 spiro atoms. The second kappa shape index (κ2) is 15.8. The van der Waals surface area contributed by atoms with Crippen LogP contribution in [0.4, 0.5) is 0 Å². The molecule has 10 heteroatoms. The molecule has 230 valence electrons. The molecule has 0 aliphatic carbocycles. The molecule has 2 aliphatic rings. The minimum atomic E-state index is -1.28. The summed E-state index contributed by atoms with van der Waals surface area (Å²) in [7, 11) is 3.11. The summed E-state index contributed by atoms with van der Waals surface area (Å²) in [5, 5.41) is 11.7. The van der Waals surface area contributed by atoms with Gasteiger partial charge >= 0.3 is 0 Å². The van der Waals surface area contributed by atoms with Gasteiger partial charge in [-0.05, 0) is 49.1 Å². The molecule has 2 fully saturated rings. The van der Waals surface area contributed by atoms with Crippen LogP contribution in [0.15, 0.2) is 48.5 Å². The van der Waals surface area contributed by atoms with Crippen molar-refractivity contribution in [1.29, 1.82) is 0 Å². The molecular formula is C32H45N3O7. The van der Waals surface area contributed by atoms with Gasteiger partial charge in [-0.1, -0.05) is 30.7 Å². The normalized spacial score (nSPS) is 20.1. The van der Waals surface area contributed by atoms with Crippen LogP contribution in [0.3, 0.4) is 0 Å². The summed E-state index contributed by atoms with van der Waals surface area (Å²) in [5.74, 6) is 2.03. The van der Waals surface area contributed by atoms with Crippen LogP contribution in [-0.2, 0) is 20.9 Å². The van der Waals surface area contributed by atoms with E-state index in [0.717, 1.165) is 37.8 Å². The van der Waals surface area contributed by atoms with E-state index in [-0.39, 0.29) is 31.6 Å². The van der Waals surface area contributed by atoms with Gasteiger partial charge in [-0.2, -0.15) is 0 Å². The zero-order valence-electron chi connectivity index (χ0n) is 25.0. The predicted molar refractivity (Wildman–Crippen MR) is 159 cm³/mol. The van der Waals surface area contributed by atoms with E-state index in [2.05, 4.69) is 4.90 Å². The molecule has 2 aliphatic heterocycles. The smallest absolute Gasteiger partial charge is 0.248 e. The van der Waals surface area contributed by atoms with Crippen LogP contribution in [0.1, 0.15) is 37.7 Å². The number of nitrogens with zero attached hydrogens (tertiary/aromatic N) is 3. The molecule has 0 saturated carbocycles. The first kappa shape index (κ1) is 31.6. The third-order valence-electron chi connectivity index (χ3n) is 7.70. The number of β-amino-alcohol motifs (C(OH)–C–C–N with tert-alkyl or cyclic N) is 1. The van der Waals surface area contributed by atoms with Crippen molar-refractivity contribution in [2.45, 2.75) is 44.2 Å². The van der Waals surface area contributed by atoms with E-state index in [4.69, 9.17) is 18.9 Å². The number of benzene rings is 2. The number of carbonyl (C=O) groups excluding carboxylic acids is 2. The number of ether oxygens (including phenoxy) is 4. The Bertz CT molecular complexity index is 1150. The van der Waals surface area contributed by atoms with Gasteiger partial charge in [-0.3, -0.25) is 14.5 Å². The molecular weight excluding hydrogens is 538 g/mol. The highest BCUT2D eigenvalue weighted by Gasteiger charge is 2.37. The van der Waals surface area contributed by atoms with Crippen molar-refractivity contribution in [2.75, 3.05) is 73.3 Å².